The van der Waals surface area contributed by atoms with E-state index in [1.165, 1.54) is 6.42 Å². The number of carbonyl (C=O) groups is 1. The highest BCUT2D eigenvalue weighted by Gasteiger charge is 2.47. The topological polar surface area (TPSA) is 44.7 Å². The Bertz CT molecular complexity index is 709. The lowest BCUT2D eigenvalue weighted by Crippen LogP contribution is -2.44. The van der Waals surface area contributed by atoms with Crippen LogP contribution in [-0.4, -0.2) is 29.9 Å². The molecule has 2 aliphatic rings. The molecule has 1 saturated heterocycles. The first-order valence-corrected chi connectivity index (χ1v) is 8.58. The quantitative estimate of drug-likeness (QED) is 0.925. The number of nitrogens with one attached hydrogen (secondary N) is 1. The van der Waals surface area contributed by atoms with Crippen molar-refractivity contribution in [2.24, 2.45) is 4.99 Å². The maximum atomic E-state index is 13.1. The molecule has 0 bridgehead atoms. The molecule has 4 nitrogen and oxygen atoms in total. The third-order valence-corrected chi connectivity index (χ3v) is 4.87. The van der Waals surface area contributed by atoms with Crippen molar-refractivity contribution in [3.05, 3.63) is 71.8 Å². The summed E-state index contributed by atoms with van der Waals surface area (Å²) in [4.78, 5) is 20.2. The molecule has 24 heavy (non-hydrogen) atoms. The zero-order chi connectivity index (χ0) is 16.4. The standard InChI is InChI=1S/C20H21N3O/c24-18-20(16-10-4-1-5-11-16,17-12-6-2-7-13-17)22-19(21-18)23-14-8-3-9-15-23/h1-2,4-7,10-13H,3,8-9,14-15H2,(H,21,22,24). The number of likely N-dealkylation sites (tertiary alicyclic amines) is 1. The SMILES string of the molecule is O=C1NC(N2CCCCC2)=NC1(c1ccccc1)c1ccccc1. The van der Waals surface area contributed by atoms with Crippen molar-refractivity contribution >= 4 is 11.9 Å². The maximum absolute atomic E-state index is 13.1. The predicted octanol–water partition coefficient (Wildman–Crippen LogP) is 2.90. The van der Waals surface area contributed by atoms with Crippen molar-refractivity contribution in [3.8, 4) is 0 Å². The number of aliphatic imine (C=N–C) groups is 1. The summed E-state index contributed by atoms with van der Waals surface area (Å²) in [6, 6.07) is 19.7. The van der Waals surface area contributed by atoms with Gasteiger partial charge in [-0.15, -0.1) is 0 Å². The number of piperidine rings is 1. The van der Waals surface area contributed by atoms with Crippen molar-refractivity contribution in [2.75, 3.05) is 13.1 Å². The minimum atomic E-state index is -0.991. The molecule has 0 radical (unpaired) electrons. The normalized spacial score (nSPS) is 19.8. The minimum Gasteiger partial charge on any atom is -0.343 e. The lowest BCUT2D eigenvalue weighted by atomic mass is 9.83. The molecular weight excluding hydrogens is 298 g/mol. The van der Waals surface area contributed by atoms with Crippen molar-refractivity contribution in [3.63, 3.8) is 0 Å². The molecule has 1 N–H and O–H groups in total. The smallest absolute Gasteiger partial charge is 0.264 e. The molecule has 2 aromatic carbocycles. The van der Waals surface area contributed by atoms with Gasteiger partial charge in [0.2, 0.25) is 5.96 Å². The Balaban J connectivity index is 1.84. The molecule has 4 rings (SSSR count). The summed E-state index contributed by atoms with van der Waals surface area (Å²) in [6.45, 7) is 1.91. The largest absolute Gasteiger partial charge is 0.343 e. The van der Waals surface area contributed by atoms with E-state index < -0.39 is 5.54 Å². The van der Waals surface area contributed by atoms with E-state index in [0.29, 0.717) is 5.96 Å². The Kier molecular flexibility index (Phi) is 3.81. The molecule has 2 heterocycles. The average Bonchev–Trinajstić information content (AvgIpc) is 3.02. The summed E-state index contributed by atoms with van der Waals surface area (Å²) < 4.78 is 0. The number of rotatable bonds is 2. The fraction of sp³-hybridized carbons (Fsp3) is 0.300. The van der Waals surface area contributed by atoms with E-state index in [-0.39, 0.29) is 5.91 Å². The van der Waals surface area contributed by atoms with Gasteiger partial charge in [-0.2, -0.15) is 0 Å². The summed E-state index contributed by atoms with van der Waals surface area (Å²) in [5, 5.41) is 3.05. The van der Waals surface area contributed by atoms with Gasteiger partial charge in [-0.25, -0.2) is 4.99 Å². The van der Waals surface area contributed by atoms with Crippen LogP contribution in [0.1, 0.15) is 30.4 Å². The number of benzene rings is 2. The predicted molar refractivity (Wildman–Crippen MR) is 94.7 cm³/mol. The molecule has 0 aromatic heterocycles. The lowest BCUT2D eigenvalue weighted by molar-refractivity contribution is -0.122. The highest BCUT2D eigenvalue weighted by Crippen LogP contribution is 2.37. The number of guanidine groups is 1. The van der Waals surface area contributed by atoms with Crippen LogP contribution in [0.25, 0.3) is 0 Å². The van der Waals surface area contributed by atoms with E-state index in [1.807, 2.05) is 60.7 Å². The molecule has 122 valence electrons. The zero-order valence-electron chi connectivity index (χ0n) is 13.6. The second-order valence-corrected chi connectivity index (χ2v) is 6.38. The first-order chi connectivity index (χ1) is 11.8. The van der Waals surface area contributed by atoms with Crippen LogP contribution in [0, 0.1) is 0 Å². The highest BCUT2D eigenvalue weighted by molar-refractivity contribution is 6.09. The maximum Gasteiger partial charge on any atom is 0.264 e. The van der Waals surface area contributed by atoms with E-state index in [0.717, 1.165) is 37.1 Å². The van der Waals surface area contributed by atoms with Crippen LogP contribution >= 0.6 is 0 Å². The number of nitrogens with zero attached hydrogens (tertiary/aromatic N) is 2. The molecular formula is C20H21N3O. The Morgan fingerprint density at radius 1 is 0.833 bits per heavy atom. The van der Waals surface area contributed by atoms with E-state index >= 15 is 0 Å². The Morgan fingerprint density at radius 3 is 1.92 bits per heavy atom. The van der Waals surface area contributed by atoms with Crippen LogP contribution in [0.2, 0.25) is 0 Å². The van der Waals surface area contributed by atoms with Crippen LogP contribution in [0.5, 0.6) is 0 Å². The second-order valence-electron chi connectivity index (χ2n) is 6.38. The Hall–Kier alpha value is -2.62. The van der Waals surface area contributed by atoms with Gasteiger partial charge in [0.1, 0.15) is 0 Å². The molecule has 0 spiro atoms. The van der Waals surface area contributed by atoms with Gasteiger partial charge in [-0.1, -0.05) is 60.7 Å². The zero-order valence-corrected chi connectivity index (χ0v) is 13.6. The number of hydrogen-bond donors (Lipinski definition) is 1. The van der Waals surface area contributed by atoms with Crippen LogP contribution in [0.3, 0.4) is 0 Å². The molecule has 2 aliphatic heterocycles. The summed E-state index contributed by atoms with van der Waals surface area (Å²) in [5.41, 5.74) is 0.816. The van der Waals surface area contributed by atoms with Gasteiger partial charge in [0.05, 0.1) is 0 Å². The monoisotopic (exact) mass is 319 g/mol. The minimum absolute atomic E-state index is 0.0690. The van der Waals surface area contributed by atoms with Gasteiger partial charge in [0.15, 0.2) is 5.54 Å². The molecule has 0 aliphatic carbocycles. The van der Waals surface area contributed by atoms with E-state index in [1.54, 1.807) is 0 Å². The van der Waals surface area contributed by atoms with Crippen molar-refractivity contribution in [1.29, 1.82) is 0 Å². The van der Waals surface area contributed by atoms with E-state index in [4.69, 9.17) is 4.99 Å². The average molecular weight is 319 g/mol. The van der Waals surface area contributed by atoms with E-state index in [2.05, 4.69) is 10.2 Å². The molecule has 0 saturated carbocycles. The summed E-state index contributed by atoms with van der Waals surface area (Å²) in [6.07, 6.45) is 3.55. The number of carbonyl (C=O) groups excluding carboxylic acids is 1. The van der Waals surface area contributed by atoms with E-state index in [9.17, 15) is 4.79 Å². The molecule has 1 amide bonds. The van der Waals surface area contributed by atoms with Gasteiger partial charge in [0, 0.05) is 13.1 Å². The summed E-state index contributed by atoms with van der Waals surface area (Å²) >= 11 is 0. The number of amides is 1. The molecule has 4 heteroatoms. The van der Waals surface area contributed by atoms with Gasteiger partial charge in [-0.05, 0) is 30.4 Å². The summed E-state index contributed by atoms with van der Waals surface area (Å²) in [5.74, 6) is 0.646. The summed E-state index contributed by atoms with van der Waals surface area (Å²) in [7, 11) is 0. The molecule has 2 aromatic rings. The Labute approximate surface area is 142 Å². The fourth-order valence-electron chi connectivity index (χ4n) is 3.60. The van der Waals surface area contributed by atoms with Gasteiger partial charge in [0.25, 0.3) is 5.91 Å². The first-order valence-electron chi connectivity index (χ1n) is 8.58. The van der Waals surface area contributed by atoms with Gasteiger partial charge >= 0.3 is 0 Å². The van der Waals surface area contributed by atoms with Gasteiger partial charge in [-0.3, -0.25) is 10.1 Å². The highest BCUT2D eigenvalue weighted by atomic mass is 16.2. The first kappa shape index (κ1) is 14.9. The second kappa shape index (κ2) is 6.11. The molecule has 0 atom stereocenters. The van der Waals surface area contributed by atoms with Crippen LogP contribution in [0.4, 0.5) is 0 Å². The lowest BCUT2D eigenvalue weighted by Gasteiger charge is -2.27. The third kappa shape index (κ3) is 2.39. The van der Waals surface area contributed by atoms with Crippen LogP contribution < -0.4 is 5.32 Å². The molecule has 0 unspecified atom stereocenters. The molecule has 1 fully saturated rings. The fourth-order valence-corrected chi connectivity index (χ4v) is 3.60. The van der Waals surface area contributed by atoms with Gasteiger partial charge < -0.3 is 4.90 Å². The Morgan fingerprint density at radius 2 is 1.38 bits per heavy atom. The van der Waals surface area contributed by atoms with Crippen molar-refractivity contribution in [1.82, 2.24) is 10.2 Å². The van der Waals surface area contributed by atoms with Crippen molar-refractivity contribution in [2.45, 2.75) is 24.8 Å². The van der Waals surface area contributed by atoms with Crippen molar-refractivity contribution < 1.29 is 4.79 Å². The van der Waals surface area contributed by atoms with Crippen LogP contribution in [0.15, 0.2) is 65.7 Å². The third-order valence-electron chi connectivity index (χ3n) is 4.87. The number of hydrogen-bond acceptors (Lipinski definition) is 3. The van der Waals surface area contributed by atoms with Crippen LogP contribution in [-0.2, 0) is 10.3 Å².